The first-order chi connectivity index (χ1) is 11.1. The van der Waals surface area contributed by atoms with Gasteiger partial charge >= 0.3 is 0 Å². The fraction of sp³-hybridized carbons (Fsp3) is 0.478. The molecule has 24 heavy (non-hydrogen) atoms. The van der Waals surface area contributed by atoms with Crippen LogP contribution < -0.4 is 4.74 Å². The monoisotopic (exact) mass is 326 g/mol. The summed E-state index contributed by atoms with van der Waals surface area (Å²) in [5.74, 6) is 0.894. The first-order valence-corrected chi connectivity index (χ1v) is 8.82. The van der Waals surface area contributed by atoms with E-state index in [2.05, 4.69) is 84.9 Å². The second-order valence-electron chi connectivity index (χ2n) is 8.47. The summed E-state index contributed by atoms with van der Waals surface area (Å²) in [7, 11) is 1.69. The molecule has 0 spiro atoms. The van der Waals surface area contributed by atoms with Gasteiger partial charge in [-0.25, -0.2) is 0 Å². The smallest absolute Gasteiger partial charge is 0.118 e. The predicted molar refractivity (Wildman–Crippen MR) is 107 cm³/mol. The average molecular weight is 327 g/mol. The van der Waals surface area contributed by atoms with Gasteiger partial charge in [0.15, 0.2) is 0 Å². The molecule has 2 aromatic carbocycles. The molecule has 1 heteroatoms. The second kappa shape index (κ2) is 8.37. The van der Waals surface area contributed by atoms with Crippen molar-refractivity contribution in [3.8, 4) is 16.9 Å². The molecular weight excluding hydrogens is 292 g/mol. The van der Waals surface area contributed by atoms with Crippen LogP contribution >= 0.6 is 0 Å². The van der Waals surface area contributed by atoms with Crippen molar-refractivity contribution in [1.82, 2.24) is 0 Å². The van der Waals surface area contributed by atoms with Crippen molar-refractivity contribution in [3.63, 3.8) is 0 Å². The molecule has 0 aliphatic carbocycles. The Morgan fingerprint density at radius 3 is 1.38 bits per heavy atom. The molecule has 0 atom stereocenters. The van der Waals surface area contributed by atoms with Crippen LogP contribution in [0.15, 0.2) is 48.5 Å². The van der Waals surface area contributed by atoms with Gasteiger partial charge in [0.2, 0.25) is 0 Å². The Kier molecular flexibility index (Phi) is 7.08. The van der Waals surface area contributed by atoms with Gasteiger partial charge in [0.25, 0.3) is 0 Å². The highest BCUT2D eigenvalue weighted by molar-refractivity contribution is 5.64. The van der Waals surface area contributed by atoms with Crippen LogP contribution in [0, 0.1) is 5.41 Å². The zero-order valence-corrected chi connectivity index (χ0v) is 16.7. The van der Waals surface area contributed by atoms with Crippen molar-refractivity contribution in [2.24, 2.45) is 5.41 Å². The Labute approximate surface area is 149 Å². The Bertz CT molecular complexity index is 592. The lowest BCUT2D eigenvalue weighted by molar-refractivity contribution is 0.398. The summed E-state index contributed by atoms with van der Waals surface area (Å²) < 4.78 is 5.17. The van der Waals surface area contributed by atoms with Gasteiger partial charge in [0.05, 0.1) is 7.11 Å². The van der Waals surface area contributed by atoms with E-state index in [1.54, 1.807) is 7.11 Å². The molecule has 0 bridgehead atoms. The third kappa shape index (κ3) is 6.78. The largest absolute Gasteiger partial charge is 0.497 e. The second-order valence-corrected chi connectivity index (χ2v) is 8.47. The minimum atomic E-state index is 0.207. The highest BCUT2D eigenvalue weighted by Gasteiger charge is 2.12. The van der Waals surface area contributed by atoms with Gasteiger partial charge in [-0.05, 0) is 39.7 Å². The van der Waals surface area contributed by atoms with Crippen LogP contribution in [0.3, 0.4) is 0 Å². The van der Waals surface area contributed by atoms with Crippen molar-refractivity contribution in [3.05, 3.63) is 54.1 Å². The van der Waals surface area contributed by atoms with Gasteiger partial charge in [-0.1, -0.05) is 91.3 Å². The number of ether oxygens (including phenoxy) is 1. The van der Waals surface area contributed by atoms with Crippen molar-refractivity contribution >= 4 is 0 Å². The fourth-order valence-corrected chi connectivity index (χ4v) is 1.95. The summed E-state index contributed by atoms with van der Waals surface area (Å²) in [6, 6.07) is 16.9. The molecule has 0 aliphatic rings. The predicted octanol–water partition coefficient (Wildman–Crippen LogP) is 7.10. The minimum absolute atomic E-state index is 0.207. The zero-order valence-electron chi connectivity index (χ0n) is 16.7. The summed E-state index contributed by atoms with van der Waals surface area (Å²) in [4.78, 5) is 0. The Balaban J connectivity index is 0.000000413. The lowest BCUT2D eigenvalue weighted by Gasteiger charge is -2.19. The SMILES string of the molecule is CCC(C)(C)C.COc1ccc(-c2ccc(C(C)(C)C)cc2)cc1. The molecule has 0 amide bonds. The van der Waals surface area contributed by atoms with E-state index in [4.69, 9.17) is 4.74 Å². The maximum absolute atomic E-state index is 5.17. The fourth-order valence-electron chi connectivity index (χ4n) is 1.95. The molecule has 0 unspecified atom stereocenters. The molecule has 0 fully saturated rings. The molecule has 0 N–H and O–H groups in total. The Morgan fingerprint density at radius 2 is 1.08 bits per heavy atom. The summed E-state index contributed by atoms with van der Waals surface area (Å²) in [6.07, 6.45) is 1.27. The molecule has 2 rings (SSSR count). The van der Waals surface area contributed by atoms with Crippen molar-refractivity contribution in [1.29, 1.82) is 0 Å². The third-order valence-electron chi connectivity index (χ3n) is 4.23. The standard InChI is InChI=1S/C17H20O.C6H14/c1-17(2,3)15-9-5-13(6-10-15)14-7-11-16(18-4)12-8-14;1-5-6(2,3)4/h5-12H,1-4H3;5H2,1-4H3. The lowest BCUT2D eigenvalue weighted by atomic mass is 9.86. The van der Waals surface area contributed by atoms with Crippen LogP contribution in [-0.2, 0) is 5.41 Å². The van der Waals surface area contributed by atoms with Gasteiger partial charge in [-0.3, -0.25) is 0 Å². The lowest BCUT2D eigenvalue weighted by Crippen LogP contribution is -2.10. The Hall–Kier alpha value is -1.76. The molecule has 132 valence electrons. The molecular formula is C23H34O. The van der Waals surface area contributed by atoms with E-state index in [0.717, 1.165) is 5.75 Å². The van der Waals surface area contributed by atoms with E-state index in [-0.39, 0.29) is 5.41 Å². The molecule has 0 radical (unpaired) electrons. The maximum atomic E-state index is 5.17. The minimum Gasteiger partial charge on any atom is -0.497 e. The van der Waals surface area contributed by atoms with Crippen LogP contribution in [0.2, 0.25) is 0 Å². The van der Waals surface area contributed by atoms with E-state index in [9.17, 15) is 0 Å². The first-order valence-electron chi connectivity index (χ1n) is 8.82. The molecule has 0 saturated heterocycles. The van der Waals surface area contributed by atoms with Gasteiger partial charge in [-0.2, -0.15) is 0 Å². The van der Waals surface area contributed by atoms with E-state index in [1.807, 2.05) is 12.1 Å². The Morgan fingerprint density at radius 1 is 0.708 bits per heavy atom. The van der Waals surface area contributed by atoms with Gasteiger partial charge in [0.1, 0.15) is 5.75 Å². The summed E-state index contributed by atoms with van der Waals surface area (Å²) >= 11 is 0. The molecule has 0 aliphatic heterocycles. The van der Waals surface area contributed by atoms with E-state index < -0.39 is 0 Å². The summed E-state index contributed by atoms with van der Waals surface area (Å²) in [5.41, 5.74) is 4.57. The van der Waals surface area contributed by atoms with Crippen molar-refractivity contribution in [2.75, 3.05) is 7.11 Å². The van der Waals surface area contributed by atoms with Gasteiger partial charge < -0.3 is 4.74 Å². The van der Waals surface area contributed by atoms with Crippen molar-refractivity contribution in [2.45, 2.75) is 60.3 Å². The van der Waals surface area contributed by atoms with Crippen LogP contribution in [0.5, 0.6) is 5.75 Å². The zero-order chi connectivity index (χ0) is 18.4. The number of hydrogen-bond acceptors (Lipinski definition) is 1. The topological polar surface area (TPSA) is 9.23 Å². The normalized spacial score (nSPS) is 11.5. The highest BCUT2D eigenvalue weighted by Crippen LogP contribution is 2.27. The number of methoxy groups -OCH3 is 1. The highest BCUT2D eigenvalue weighted by atomic mass is 16.5. The molecule has 1 nitrogen and oxygen atoms in total. The number of benzene rings is 2. The maximum Gasteiger partial charge on any atom is 0.118 e. The molecule has 0 heterocycles. The summed E-state index contributed by atoms with van der Waals surface area (Å²) in [5, 5.41) is 0. The molecule has 0 aromatic heterocycles. The molecule has 0 saturated carbocycles. The van der Waals surface area contributed by atoms with Gasteiger partial charge in [-0.15, -0.1) is 0 Å². The van der Waals surface area contributed by atoms with Crippen LogP contribution in [0.25, 0.3) is 11.1 Å². The summed E-state index contributed by atoms with van der Waals surface area (Å²) in [6.45, 7) is 15.6. The van der Waals surface area contributed by atoms with Crippen molar-refractivity contribution < 1.29 is 4.74 Å². The molecule has 2 aromatic rings. The third-order valence-corrected chi connectivity index (χ3v) is 4.23. The number of rotatable bonds is 2. The van der Waals surface area contributed by atoms with Gasteiger partial charge in [0, 0.05) is 0 Å². The van der Waals surface area contributed by atoms with E-state index >= 15 is 0 Å². The quantitative estimate of drug-likeness (QED) is 0.571. The first kappa shape index (κ1) is 20.3. The van der Waals surface area contributed by atoms with E-state index in [0.29, 0.717) is 5.41 Å². The van der Waals surface area contributed by atoms with Crippen LogP contribution in [0.4, 0.5) is 0 Å². The number of hydrogen-bond donors (Lipinski definition) is 0. The van der Waals surface area contributed by atoms with E-state index in [1.165, 1.54) is 23.1 Å². The average Bonchev–Trinajstić information content (AvgIpc) is 2.54. The van der Waals surface area contributed by atoms with Crippen LogP contribution in [-0.4, -0.2) is 7.11 Å². The van der Waals surface area contributed by atoms with Crippen LogP contribution in [0.1, 0.15) is 60.5 Å².